The van der Waals surface area contributed by atoms with E-state index in [2.05, 4.69) is 10.2 Å². The Morgan fingerprint density at radius 1 is 1.12 bits per heavy atom. The number of rotatable bonds is 4. The Balaban J connectivity index is 1.69. The van der Waals surface area contributed by atoms with Crippen LogP contribution in [0, 0.1) is 5.82 Å². The molecule has 1 aliphatic rings. The molecule has 2 aromatic rings. The number of piperidine rings is 1. The van der Waals surface area contributed by atoms with Crippen LogP contribution < -0.4 is 5.32 Å². The zero-order valence-electron chi connectivity index (χ0n) is 13.4. The van der Waals surface area contributed by atoms with E-state index in [9.17, 15) is 9.18 Å². The Labute approximate surface area is 146 Å². The summed E-state index contributed by atoms with van der Waals surface area (Å²) in [6, 6.07) is 11.7. The summed E-state index contributed by atoms with van der Waals surface area (Å²) in [5.74, 6) is -1.08. The van der Waals surface area contributed by atoms with Gasteiger partial charge in [0.2, 0.25) is 0 Å². The average Bonchev–Trinajstić information content (AvgIpc) is 2.58. The van der Waals surface area contributed by atoms with E-state index >= 15 is 0 Å². The standard InChI is InChI=1S/C19H20ClFN2O/c20-15-7-8-18(21)17(12-15)19(24)22-16-6-4-5-14(11-16)13-23-9-2-1-3-10-23/h4-8,11-12H,1-3,9-10,13H2,(H,22,24). The van der Waals surface area contributed by atoms with Crippen LogP contribution >= 0.6 is 11.6 Å². The van der Waals surface area contributed by atoms with E-state index in [0.717, 1.165) is 25.2 Å². The van der Waals surface area contributed by atoms with Gasteiger partial charge in [-0.25, -0.2) is 4.39 Å². The molecule has 126 valence electrons. The van der Waals surface area contributed by atoms with Crippen molar-refractivity contribution in [3.63, 3.8) is 0 Å². The monoisotopic (exact) mass is 346 g/mol. The van der Waals surface area contributed by atoms with Gasteiger partial charge in [0.25, 0.3) is 5.91 Å². The first-order valence-corrected chi connectivity index (χ1v) is 8.57. The summed E-state index contributed by atoms with van der Waals surface area (Å²) in [6.07, 6.45) is 3.78. The lowest BCUT2D eigenvalue weighted by atomic mass is 10.1. The second kappa shape index (κ2) is 7.77. The van der Waals surface area contributed by atoms with E-state index in [-0.39, 0.29) is 5.56 Å². The molecule has 1 saturated heterocycles. The Bertz CT molecular complexity index is 729. The van der Waals surface area contributed by atoms with Crippen LogP contribution in [0.15, 0.2) is 42.5 Å². The number of likely N-dealkylation sites (tertiary alicyclic amines) is 1. The normalized spacial score (nSPS) is 15.2. The number of carbonyl (C=O) groups excluding carboxylic acids is 1. The SMILES string of the molecule is O=C(Nc1cccc(CN2CCCCC2)c1)c1cc(Cl)ccc1F. The molecule has 0 aromatic heterocycles. The van der Waals surface area contributed by atoms with Gasteiger partial charge >= 0.3 is 0 Å². The van der Waals surface area contributed by atoms with Gasteiger partial charge in [0, 0.05) is 17.3 Å². The van der Waals surface area contributed by atoms with Gasteiger partial charge in [0.05, 0.1) is 5.56 Å². The van der Waals surface area contributed by atoms with Crippen molar-refractivity contribution in [2.24, 2.45) is 0 Å². The van der Waals surface area contributed by atoms with Gasteiger partial charge in [0.15, 0.2) is 0 Å². The molecule has 0 saturated carbocycles. The number of amides is 1. The van der Waals surface area contributed by atoms with Crippen molar-refractivity contribution in [3.8, 4) is 0 Å². The molecule has 0 spiro atoms. The van der Waals surface area contributed by atoms with Crippen LogP contribution in [-0.2, 0) is 6.54 Å². The van der Waals surface area contributed by atoms with Crippen molar-refractivity contribution in [2.45, 2.75) is 25.8 Å². The molecule has 0 radical (unpaired) electrons. The number of nitrogens with one attached hydrogen (secondary N) is 1. The summed E-state index contributed by atoms with van der Waals surface area (Å²) < 4.78 is 13.8. The summed E-state index contributed by atoms with van der Waals surface area (Å²) in [5, 5.41) is 3.08. The third-order valence-corrected chi connectivity index (χ3v) is 4.45. The molecule has 0 aliphatic carbocycles. The molecule has 1 heterocycles. The third-order valence-electron chi connectivity index (χ3n) is 4.21. The van der Waals surface area contributed by atoms with Crippen molar-refractivity contribution in [1.82, 2.24) is 4.90 Å². The topological polar surface area (TPSA) is 32.3 Å². The predicted molar refractivity (Wildman–Crippen MR) is 94.9 cm³/mol. The highest BCUT2D eigenvalue weighted by Crippen LogP contribution is 2.19. The molecule has 3 rings (SSSR count). The Morgan fingerprint density at radius 3 is 2.71 bits per heavy atom. The highest BCUT2D eigenvalue weighted by molar-refractivity contribution is 6.31. The number of hydrogen-bond donors (Lipinski definition) is 1. The molecule has 0 unspecified atom stereocenters. The molecule has 0 bridgehead atoms. The molecule has 1 fully saturated rings. The van der Waals surface area contributed by atoms with Gasteiger partial charge in [-0.15, -0.1) is 0 Å². The van der Waals surface area contributed by atoms with Gasteiger partial charge in [-0.1, -0.05) is 30.2 Å². The van der Waals surface area contributed by atoms with Crippen LogP contribution in [0.1, 0.15) is 35.2 Å². The number of halogens is 2. The quantitative estimate of drug-likeness (QED) is 0.869. The Hall–Kier alpha value is -1.91. The van der Waals surface area contributed by atoms with Crippen LogP contribution in [0.5, 0.6) is 0 Å². The number of carbonyl (C=O) groups is 1. The first-order valence-electron chi connectivity index (χ1n) is 8.19. The number of hydrogen-bond acceptors (Lipinski definition) is 2. The molecule has 1 aliphatic heterocycles. The van der Waals surface area contributed by atoms with Crippen LogP contribution in [-0.4, -0.2) is 23.9 Å². The number of anilines is 1. The zero-order valence-corrected chi connectivity index (χ0v) is 14.2. The first kappa shape index (κ1) is 16.9. The van der Waals surface area contributed by atoms with E-state index in [4.69, 9.17) is 11.6 Å². The summed E-state index contributed by atoms with van der Waals surface area (Å²) in [5.41, 5.74) is 1.75. The highest BCUT2D eigenvalue weighted by atomic mass is 35.5. The second-order valence-corrected chi connectivity index (χ2v) is 6.55. The first-order chi connectivity index (χ1) is 11.6. The van der Waals surface area contributed by atoms with Crippen molar-refractivity contribution >= 4 is 23.2 Å². The molecular formula is C19H20ClFN2O. The smallest absolute Gasteiger partial charge is 0.258 e. The lowest BCUT2D eigenvalue weighted by molar-refractivity contribution is 0.102. The molecular weight excluding hydrogens is 327 g/mol. The Morgan fingerprint density at radius 2 is 1.92 bits per heavy atom. The van der Waals surface area contributed by atoms with Crippen molar-refractivity contribution in [1.29, 1.82) is 0 Å². The molecule has 1 amide bonds. The van der Waals surface area contributed by atoms with E-state index in [1.54, 1.807) is 6.07 Å². The average molecular weight is 347 g/mol. The highest BCUT2D eigenvalue weighted by Gasteiger charge is 2.14. The van der Waals surface area contributed by atoms with Crippen molar-refractivity contribution in [3.05, 3.63) is 64.4 Å². The second-order valence-electron chi connectivity index (χ2n) is 6.12. The van der Waals surface area contributed by atoms with Gasteiger partial charge in [-0.2, -0.15) is 0 Å². The lowest BCUT2D eigenvalue weighted by Gasteiger charge is -2.26. The van der Waals surface area contributed by atoms with Crippen molar-refractivity contribution < 1.29 is 9.18 Å². The summed E-state index contributed by atoms with van der Waals surface area (Å²) in [7, 11) is 0. The summed E-state index contributed by atoms with van der Waals surface area (Å²) >= 11 is 5.85. The lowest BCUT2D eigenvalue weighted by Crippen LogP contribution is -2.29. The number of nitrogens with zero attached hydrogens (tertiary/aromatic N) is 1. The van der Waals surface area contributed by atoms with Crippen LogP contribution in [0.3, 0.4) is 0 Å². The maximum absolute atomic E-state index is 13.8. The van der Waals surface area contributed by atoms with E-state index in [1.807, 2.05) is 18.2 Å². The summed E-state index contributed by atoms with van der Waals surface area (Å²) in [6.45, 7) is 3.10. The molecule has 24 heavy (non-hydrogen) atoms. The minimum atomic E-state index is -0.582. The van der Waals surface area contributed by atoms with Crippen molar-refractivity contribution in [2.75, 3.05) is 18.4 Å². The minimum Gasteiger partial charge on any atom is -0.322 e. The fourth-order valence-electron chi connectivity index (χ4n) is 2.99. The van der Waals surface area contributed by atoms with Crippen LogP contribution in [0.4, 0.5) is 10.1 Å². The fourth-order valence-corrected chi connectivity index (χ4v) is 3.17. The number of benzene rings is 2. The maximum atomic E-state index is 13.8. The Kier molecular flexibility index (Phi) is 5.48. The van der Waals surface area contributed by atoms with E-state index in [0.29, 0.717) is 10.7 Å². The predicted octanol–water partition coefficient (Wildman–Crippen LogP) is 4.72. The third kappa shape index (κ3) is 4.34. The van der Waals surface area contributed by atoms with Gasteiger partial charge in [0.1, 0.15) is 5.82 Å². The van der Waals surface area contributed by atoms with Crippen LogP contribution in [0.2, 0.25) is 5.02 Å². The fraction of sp³-hybridized carbons (Fsp3) is 0.316. The molecule has 0 atom stereocenters. The maximum Gasteiger partial charge on any atom is 0.258 e. The minimum absolute atomic E-state index is 0.0519. The van der Waals surface area contributed by atoms with Gasteiger partial charge < -0.3 is 5.32 Å². The molecule has 5 heteroatoms. The van der Waals surface area contributed by atoms with Gasteiger partial charge in [-0.05, 0) is 61.8 Å². The van der Waals surface area contributed by atoms with E-state index < -0.39 is 11.7 Å². The molecule has 1 N–H and O–H groups in total. The zero-order chi connectivity index (χ0) is 16.9. The van der Waals surface area contributed by atoms with Gasteiger partial charge in [-0.3, -0.25) is 9.69 Å². The largest absolute Gasteiger partial charge is 0.322 e. The summed E-state index contributed by atoms with van der Waals surface area (Å²) in [4.78, 5) is 14.7. The van der Waals surface area contributed by atoms with Crippen LogP contribution in [0.25, 0.3) is 0 Å². The van der Waals surface area contributed by atoms with E-state index in [1.165, 1.54) is 37.5 Å². The molecule has 3 nitrogen and oxygen atoms in total. The molecule has 2 aromatic carbocycles.